The number of benzene rings is 1. The zero-order valence-electron chi connectivity index (χ0n) is 12.1. The summed E-state index contributed by atoms with van der Waals surface area (Å²) in [5.41, 5.74) is 0.0984. The van der Waals surface area contributed by atoms with Gasteiger partial charge in [0.15, 0.2) is 6.73 Å². The lowest BCUT2D eigenvalue weighted by atomic mass is 10.2. The Labute approximate surface area is 126 Å². The number of halogens is 3. The summed E-state index contributed by atoms with van der Waals surface area (Å²) in [6.45, 7) is 5.21. The van der Waals surface area contributed by atoms with E-state index in [2.05, 4.69) is 16.8 Å². The zero-order valence-corrected chi connectivity index (χ0v) is 12.1. The topological polar surface area (TPSA) is 57.4 Å². The van der Waals surface area contributed by atoms with Gasteiger partial charge in [-0.25, -0.2) is 0 Å². The fourth-order valence-corrected chi connectivity index (χ4v) is 1.44. The van der Waals surface area contributed by atoms with Crippen LogP contribution >= 0.6 is 0 Å². The second-order valence-electron chi connectivity index (χ2n) is 4.41. The van der Waals surface area contributed by atoms with Crippen molar-refractivity contribution in [2.75, 3.05) is 13.8 Å². The van der Waals surface area contributed by atoms with Gasteiger partial charge >= 0.3 is 6.18 Å². The van der Waals surface area contributed by atoms with Crippen molar-refractivity contribution >= 4 is 11.9 Å². The van der Waals surface area contributed by atoms with E-state index >= 15 is 0 Å². The van der Waals surface area contributed by atoms with Crippen molar-refractivity contribution in [2.24, 2.45) is 10.3 Å². The predicted octanol–water partition coefficient (Wildman–Crippen LogP) is 3.37. The number of hydrogen-bond donors (Lipinski definition) is 1. The molecule has 1 rings (SSSR count). The highest BCUT2D eigenvalue weighted by Crippen LogP contribution is 2.31. The third-order valence-electron chi connectivity index (χ3n) is 2.58. The first-order valence-corrected chi connectivity index (χ1v) is 6.17. The maximum Gasteiger partial charge on any atom is 0.416 e. The molecule has 22 heavy (non-hydrogen) atoms. The van der Waals surface area contributed by atoms with Crippen LogP contribution in [0.3, 0.4) is 0 Å². The number of alkyl halides is 3. The molecule has 8 heteroatoms. The number of allylic oxidation sites excluding steroid dienone is 1. The van der Waals surface area contributed by atoms with Gasteiger partial charge in [0.2, 0.25) is 0 Å². The molecule has 0 unspecified atom stereocenters. The van der Waals surface area contributed by atoms with E-state index in [1.165, 1.54) is 17.1 Å². The highest BCUT2D eigenvalue weighted by Gasteiger charge is 2.30. The van der Waals surface area contributed by atoms with Crippen molar-refractivity contribution in [1.82, 2.24) is 5.01 Å². The molecule has 5 nitrogen and oxygen atoms in total. The first-order valence-electron chi connectivity index (χ1n) is 6.17. The molecule has 0 amide bonds. The van der Waals surface area contributed by atoms with Gasteiger partial charge in [-0.2, -0.15) is 18.3 Å². The van der Waals surface area contributed by atoms with Gasteiger partial charge in [0, 0.05) is 12.6 Å². The molecule has 0 bridgehead atoms. The third-order valence-corrected chi connectivity index (χ3v) is 2.58. The maximum atomic E-state index is 12.6. The Morgan fingerprint density at radius 3 is 2.73 bits per heavy atom. The first kappa shape index (κ1) is 17.5. The van der Waals surface area contributed by atoms with Gasteiger partial charge in [-0.3, -0.25) is 5.01 Å². The van der Waals surface area contributed by atoms with E-state index < -0.39 is 11.7 Å². The maximum absolute atomic E-state index is 12.6. The Kier molecular flexibility index (Phi) is 5.97. The molecule has 0 aromatic heterocycles. The molecule has 0 aliphatic rings. The van der Waals surface area contributed by atoms with Crippen LogP contribution < -0.4 is 4.74 Å². The average molecular weight is 315 g/mol. The third kappa shape index (κ3) is 5.47. The van der Waals surface area contributed by atoms with E-state index in [1.807, 2.05) is 0 Å². The van der Waals surface area contributed by atoms with Crippen molar-refractivity contribution in [1.29, 1.82) is 0 Å². The summed E-state index contributed by atoms with van der Waals surface area (Å²) in [5.74, 6) is 0.0882. The predicted molar refractivity (Wildman–Crippen MR) is 77.2 cm³/mol. The largest absolute Gasteiger partial charge is 0.472 e. The second-order valence-corrected chi connectivity index (χ2v) is 4.41. The van der Waals surface area contributed by atoms with Crippen LogP contribution in [0.25, 0.3) is 0 Å². The lowest BCUT2D eigenvalue weighted by Crippen LogP contribution is -2.20. The van der Waals surface area contributed by atoms with Gasteiger partial charge < -0.3 is 9.94 Å². The molecule has 1 N–H and O–H groups in total. The van der Waals surface area contributed by atoms with Gasteiger partial charge in [-0.1, -0.05) is 17.8 Å². The van der Waals surface area contributed by atoms with Crippen LogP contribution in [0.15, 0.2) is 46.7 Å². The van der Waals surface area contributed by atoms with Crippen LogP contribution in [0.5, 0.6) is 5.75 Å². The van der Waals surface area contributed by atoms with Crippen LogP contribution in [0.1, 0.15) is 12.5 Å². The van der Waals surface area contributed by atoms with Crippen molar-refractivity contribution in [3.05, 3.63) is 42.0 Å². The van der Waals surface area contributed by atoms with Gasteiger partial charge in [0.1, 0.15) is 5.75 Å². The normalized spacial score (nSPS) is 12.5. The van der Waals surface area contributed by atoms with E-state index in [-0.39, 0.29) is 12.5 Å². The standard InChI is InChI=1S/C14H16F3N3O2/c1-10(8-18-21)11(2)19-20(3)9-22-13-6-4-5-12(7-13)14(15,16)17/h4-8,21H,1,9H2,2-3H3/b18-8+,19-11-. The monoisotopic (exact) mass is 315 g/mol. The molecule has 0 atom stereocenters. The molecule has 0 radical (unpaired) electrons. The number of hydrogen-bond acceptors (Lipinski definition) is 5. The molecule has 1 aromatic carbocycles. The highest BCUT2D eigenvalue weighted by atomic mass is 19.4. The number of nitrogens with zero attached hydrogens (tertiary/aromatic N) is 3. The summed E-state index contributed by atoms with van der Waals surface area (Å²) in [4.78, 5) is 0. The molecule has 0 fully saturated rings. The summed E-state index contributed by atoms with van der Waals surface area (Å²) < 4.78 is 43.0. The number of rotatable bonds is 6. The van der Waals surface area contributed by atoms with Gasteiger partial charge in [0.25, 0.3) is 0 Å². The summed E-state index contributed by atoms with van der Waals surface area (Å²) in [5, 5.41) is 16.7. The molecule has 0 spiro atoms. The molecule has 0 aliphatic heterocycles. The fraction of sp³-hybridized carbons (Fsp3) is 0.286. The van der Waals surface area contributed by atoms with Crippen LogP contribution in [0.4, 0.5) is 13.2 Å². The Morgan fingerprint density at radius 1 is 1.45 bits per heavy atom. The van der Waals surface area contributed by atoms with E-state index in [0.717, 1.165) is 18.3 Å². The Bertz CT molecular complexity index is 583. The smallest absolute Gasteiger partial charge is 0.416 e. The molecule has 0 saturated carbocycles. The molecule has 1 aromatic rings. The molecule has 0 heterocycles. The lowest BCUT2D eigenvalue weighted by Gasteiger charge is -2.16. The molecule has 0 aliphatic carbocycles. The molecule has 120 valence electrons. The Morgan fingerprint density at radius 2 is 2.14 bits per heavy atom. The summed E-state index contributed by atoms with van der Waals surface area (Å²) in [7, 11) is 1.58. The minimum absolute atomic E-state index is 0.0534. The van der Waals surface area contributed by atoms with Crippen molar-refractivity contribution in [3.8, 4) is 5.75 Å². The van der Waals surface area contributed by atoms with E-state index in [4.69, 9.17) is 9.94 Å². The fourth-order valence-electron chi connectivity index (χ4n) is 1.44. The van der Waals surface area contributed by atoms with Crippen LogP contribution in [-0.2, 0) is 6.18 Å². The summed E-state index contributed by atoms with van der Waals surface area (Å²) in [6.07, 6.45) is -3.29. The lowest BCUT2D eigenvalue weighted by molar-refractivity contribution is -0.137. The quantitative estimate of drug-likeness (QED) is 0.379. The Balaban J connectivity index is 2.67. The number of ether oxygens (including phenoxy) is 1. The second kappa shape index (κ2) is 7.48. The number of hydrazone groups is 1. The number of oxime groups is 1. The van der Waals surface area contributed by atoms with Gasteiger partial charge in [0.05, 0.1) is 17.5 Å². The van der Waals surface area contributed by atoms with E-state index in [9.17, 15) is 13.2 Å². The summed E-state index contributed by atoms with van der Waals surface area (Å²) in [6, 6.07) is 4.59. The first-order chi connectivity index (χ1) is 10.2. The van der Waals surface area contributed by atoms with Gasteiger partial charge in [-0.15, -0.1) is 0 Å². The van der Waals surface area contributed by atoms with Crippen LogP contribution in [0.2, 0.25) is 0 Å². The van der Waals surface area contributed by atoms with Crippen molar-refractivity contribution in [3.63, 3.8) is 0 Å². The van der Waals surface area contributed by atoms with Gasteiger partial charge in [-0.05, 0) is 25.1 Å². The minimum atomic E-state index is -4.42. The molecular weight excluding hydrogens is 299 g/mol. The highest BCUT2D eigenvalue weighted by molar-refractivity contribution is 6.14. The zero-order chi connectivity index (χ0) is 16.8. The SMILES string of the molecule is C=C(/C=N/O)/C(C)=N\N(C)COc1cccc(C(F)(F)F)c1. The Hall–Kier alpha value is -2.51. The van der Waals surface area contributed by atoms with E-state index in [1.54, 1.807) is 14.0 Å². The average Bonchev–Trinajstić information content (AvgIpc) is 2.44. The van der Waals surface area contributed by atoms with Crippen molar-refractivity contribution < 1.29 is 23.1 Å². The van der Waals surface area contributed by atoms with Crippen LogP contribution in [0, 0.1) is 0 Å². The van der Waals surface area contributed by atoms with Crippen LogP contribution in [-0.4, -0.2) is 35.9 Å². The molecular formula is C14H16F3N3O2. The summed E-state index contributed by atoms with van der Waals surface area (Å²) >= 11 is 0. The minimum Gasteiger partial charge on any atom is -0.472 e. The van der Waals surface area contributed by atoms with E-state index in [0.29, 0.717) is 11.3 Å². The molecule has 0 saturated heterocycles. The van der Waals surface area contributed by atoms with Crippen molar-refractivity contribution in [2.45, 2.75) is 13.1 Å².